The molecular weight excluding hydrogens is 240 g/mol. The van der Waals surface area contributed by atoms with Crippen molar-refractivity contribution in [3.8, 4) is 5.75 Å². The van der Waals surface area contributed by atoms with Crippen molar-refractivity contribution in [3.63, 3.8) is 0 Å². The van der Waals surface area contributed by atoms with Crippen LogP contribution in [-0.4, -0.2) is 19.6 Å². The number of likely N-dealkylation sites (N-methyl/N-ethyl adjacent to an activating group) is 1. The van der Waals surface area contributed by atoms with E-state index in [-0.39, 0.29) is 18.6 Å². The topological polar surface area (TPSA) is 64.3 Å². The first-order valence-corrected chi connectivity index (χ1v) is 6.24. The molecule has 2 aromatic carbocycles. The molecule has 4 nitrogen and oxygen atoms in total. The lowest BCUT2D eigenvalue weighted by molar-refractivity contribution is -0.122. The second-order valence-corrected chi connectivity index (χ2v) is 4.46. The highest BCUT2D eigenvalue weighted by atomic mass is 16.5. The summed E-state index contributed by atoms with van der Waals surface area (Å²) in [5, 5.41) is 4.58. The molecule has 0 aliphatic carbocycles. The maximum Gasteiger partial charge on any atom is 0.257 e. The quantitative estimate of drug-likeness (QED) is 0.881. The Hall–Kier alpha value is -2.07. The summed E-state index contributed by atoms with van der Waals surface area (Å²) in [6.07, 6.45) is 0. The standard InChI is InChI=1S/C15H18N2O2/c1-10(16)12-8-7-11-5-3-4-6-13(11)15(12)19-9-14(18)17-2/h3-8,10H,9,16H2,1-2H3,(H,17,18)/t10-/m0/s1. The third-order valence-corrected chi connectivity index (χ3v) is 3.03. The van der Waals surface area contributed by atoms with Crippen LogP contribution in [-0.2, 0) is 4.79 Å². The molecule has 0 heterocycles. The molecule has 2 aromatic rings. The number of fused-ring (bicyclic) bond motifs is 1. The van der Waals surface area contributed by atoms with Crippen molar-refractivity contribution >= 4 is 16.7 Å². The van der Waals surface area contributed by atoms with Crippen molar-refractivity contribution in [2.45, 2.75) is 13.0 Å². The van der Waals surface area contributed by atoms with Crippen molar-refractivity contribution in [2.24, 2.45) is 5.73 Å². The zero-order chi connectivity index (χ0) is 13.8. The molecular formula is C15H18N2O2. The number of carbonyl (C=O) groups is 1. The fourth-order valence-electron chi connectivity index (χ4n) is 1.99. The summed E-state index contributed by atoms with van der Waals surface area (Å²) < 4.78 is 5.67. The van der Waals surface area contributed by atoms with Crippen molar-refractivity contribution in [2.75, 3.05) is 13.7 Å². The van der Waals surface area contributed by atoms with Crippen molar-refractivity contribution in [1.29, 1.82) is 0 Å². The Morgan fingerprint density at radius 1 is 1.32 bits per heavy atom. The number of amides is 1. The van der Waals surface area contributed by atoms with Crippen LogP contribution in [0.15, 0.2) is 36.4 Å². The summed E-state index contributed by atoms with van der Waals surface area (Å²) >= 11 is 0. The highest BCUT2D eigenvalue weighted by Gasteiger charge is 2.13. The van der Waals surface area contributed by atoms with E-state index < -0.39 is 0 Å². The highest BCUT2D eigenvalue weighted by molar-refractivity contribution is 5.90. The minimum atomic E-state index is -0.163. The predicted octanol–water partition coefficient (Wildman–Crippen LogP) is 1.98. The van der Waals surface area contributed by atoms with Crippen molar-refractivity contribution in [1.82, 2.24) is 5.32 Å². The van der Waals surface area contributed by atoms with E-state index >= 15 is 0 Å². The van der Waals surface area contributed by atoms with Gasteiger partial charge in [-0.05, 0) is 12.3 Å². The number of nitrogens with one attached hydrogen (secondary N) is 1. The first-order chi connectivity index (χ1) is 9.13. The molecule has 0 aromatic heterocycles. The second-order valence-electron chi connectivity index (χ2n) is 4.46. The van der Waals surface area contributed by atoms with E-state index in [1.165, 1.54) is 0 Å². The SMILES string of the molecule is CNC(=O)COc1c([C@H](C)N)ccc2ccccc12. The Balaban J connectivity index is 2.46. The predicted molar refractivity (Wildman–Crippen MR) is 76.1 cm³/mol. The molecule has 0 unspecified atom stereocenters. The first-order valence-electron chi connectivity index (χ1n) is 6.24. The van der Waals surface area contributed by atoms with E-state index in [2.05, 4.69) is 5.32 Å². The van der Waals surface area contributed by atoms with Crippen molar-refractivity contribution < 1.29 is 9.53 Å². The molecule has 1 atom stereocenters. The van der Waals surface area contributed by atoms with Gasteiger partial charge in [-0.15, -0.1) is 0 Å². The maximum atomic E-state index is 11.3. The monoisotopic (exact) mass is 258 g/mol. The fourth-order valence-corrected chi connectivity index (χ4v) is 1.99. The first kappa shape index (κ1) is 13.4. The third kappa shape index (κ3) is 2.85. The average molecular weight is 258 g/mol. The maximum absolute atomic E-state index is 11.3. The molecule has 0 bridgehead atoms. The molecule has 0 saturated carbocycles. The van der Waals surface area contributed by atoms with Crippen LogP contribution in [0.4, 0.5) is 0 Å². The molecule has 1 amide bonds. The smallest absolute Gasteiger partial charge is 0.257 e. The molecule has 0 radical (unpaired) electrons. The van der Waals surface area contributed by atoms with Gasteiger partial charge in [0.2, 0.25) is 0 Å². The Morgan fingerprint density at radius 2 is 2.05 bits per heavy atom. The van der Waals surface area contributed by atoms with E-state index in [9.17, 15) is 4.79 Å². The van der Waals surface area contributed by atoms with E-state index in [0.717, 1.165) is 16.3 Å². The zero-order valence-corrected chi connectivity index (χ0v) is 11.1. The fraction of sp³-hybridized carbons (Fsp3) is 0.267. The molecule has 0 fully saturated rings. The van der Waals surface area contributed by atoms with E-state index in [4.69, 9.17) is 10.5 Å². The lowest BCUT2D eigenvalue weighted by atomic mass is 10.0. The Labute approximate surface area is 112 Å². The zero-order valence-electron chi connectivity index (χ0n) is 11.1. The molecule has 3 N–H and O–H groups in total. The van der Waals surface area contributed by atoms with E-state index in [1.807, 2.05) is 43.3 Å². The molecule has 2 rings (SSSR count). The van der Waals surface area contributed by atoms with Gasteiger partial charge in [0.25, 0.3) is 5.91 Å². The number of benzene rings is 2. The number of nitrogens with two attached hydrogens (primary N) is 1. The minimum Gasteiger partial charge on any atom is -0.483 e. The van der Waals surface area contributed by atoms with Gasteiger partial charge in [-0.25, -0.2) is 0 Å². The molecule has 0 aliphatic rings. The van der Waals surface area contributed by atoms with Crippen LogP contribution in [0.3, 0.4) is 0 Å². The van der Waals surface area contributed by atoms with Crippen LogP contribution in [0.2, 0.25) is 0 Å². The van der Waals surface area contributed by atoms with Crippen LogP contribution in [0.1, 0.15) is 18.5 Å². The molecule has 100 valence electrons. The van der Waals surface area contributed by atoms with Gasteiger partial charge in [0.05, 0.1) is 0 Å². The highest BCUT2D eigenvalue weighted by Crippen LogP contribution is 2.32. The van der Waals surface area contributed by atoms with Gasteiger partial charge in [0.1, 0.15) is 5.75 Å². The van der Waals surface area contributed by atoms with Gasteiger partial charge >= 0.3 is 0 Å². The van der Waals surface area contributed by atoms with Gasteiger partial charge < -0.3 is 15.8 Å². The number of hydrogen-bond acceptors (Lipinski definition) is 3. The molecule has 4 heteroatoms. The lowest BCUT2D eigenvalue weighted by Gasteiger charge is -2.16. The number of hydrogen-bond donors (Lipinski definition) is 2. The Bertz CT molecular complexity index is 594. The average Bonchev–Trinajstić information content (AvgIpc) is 2.43. The summed E-state index contributed by atoms with van der Waals surface area (Å²) in [6.45, 7) is 1.89. The van der Waals surface area contributed by atoms with Gasteiger partial charge in [-0.1, -0.05) is 36.4 Å². The summed E-state index contributed by atoms with van der Waals surface area (Å²) in [6, 6.07) is 11.7. The van der Waals surface area contributed by atoms with Crippen LogP contribution >= 0.6 is 0 Å². The van der Waals surface area contributed by atoms with Crippen molar-refractivity contribution in [3.05, 3.63) is 42.0 Å². The summed E-state index contributed by atoms with van der Waals surface area (Å²) in [5.41, 5.74) is 6.87. The summed E-state index contributed by atoms with van der Waals surface area (Å²) in [5.74, 6) is 0.528. The number of rotatable bonds is 4. The normalized spacial score (nSPS) is 12.2. The van der Waals surface area contributed by atoms with Crippen LogP contribution in [0.25, 0.3) is 10.8 Å². The summed E-state index contributed by atoms with van der Waals surface area (Å²) in [4.78, 5) is 11.3. The lowest BCUT2D eigenvalue weighted by Crippen LogP contribution is -2.25. The minimum absolute atomic E-state index is 0.00969. The molecule has 0 aliphatic heterocycles. The second kappa shape index (κ2) is 5.71. The number of carbonyl (C=O) groups excluding carboxylic acids is 1. The van der Waals surface area contributed by atoms with E-state index in [1.54, 1.807) is 7.05 Å². The number of ether oxygens (including phenoxy) is 1. The van der Waals surface area contributed by atoms with Gasteiger partial charge in [0.15, 0.2) is 6.61 Å². The molecule has 0 saturated heterocycles. The van der Waals surface area contributed by atoms with Gasteiger partial charge in [-0.2, -0.15) is 0 Å². The molecule has 0 spiro atoms. The molecule has 19 heavy (non-hydrogen) atoms. The van der Waals surface area contributed by atoms with Crippen LogP contribution in [0.5, 0.6) is 5.75 Å². The Morgan fingerprint density at radius 3 is 2.74 bits per heavy atom. The largest absolute Gasteiger partial charge is 0.483 e. The van der Waals surface area contributed by atoms with Crippen LogP contribution in [0, 0.1) is 0 Å². The van der Waals surface area contributed by atoms with Gasteiger partial charge in [-0.3, -0.25) is 4.79 Å². The Kier molecular flexibility index (Phi) is 4.02. The van der Waals surface area contributed by atoms with Crippen LogP contribution < -0.4 is 15.8 Å². The third-order valence-electron chi connectivity index (χ3n) is 3.03. The van der Waals surface area contributed by atoms with E-state index in [0.29, 0.717) is 5.75 Å². The summed E-state index contributed by atoms with van der Waals surface area (Å²) in [7, 11) is 1.58. The van der Waals surface area contributed by atoms with Gasteiger partial charge in [0, 0.05) is 24.0 Å².